The van der Waals surface area contributed by atoms with Crippen LogP contribution >= 0.6 is 11.6 Å². The van der Waals surface area contributed by atoms with Crippen molar-refractivity contribution in [3.8, 4) is 0 Å². The maximum absolute atomic E-state index is 11.1. The van der Waals surface area contributed by atoms with E-state index in [0.717, 1.165) is 0 Å². The molecule has 1 unspecified atom stereocenters. The van der Waals surface area contributed by atoms with E-state index in [1.165, 1.54) is 0 Å². The van der Waals surface area contributed by atoms with E-state index in [1.54, 1.807) is 0 Å². The van der Waals surface area contributed by atoms with Crippen LogP contribution in [0.3, 0.4) is 0 Å². The van der Waals surface area contributed by atoms with Crippen LogP contribution in [0, 0.1) is 0 Å². The normalized spacial score (nSPS) is 11.9. The average molecular weight is 239 g/mol. The second-order valence-electron chi connectivity index (χ2n) is 2.93. The highest BCUT2D eigenvalue weighted by molar-refractivity contribution is 6.17. The molecule has 88 valence electrons. The molecule has 0 bridgehead atoms. The number of amides is 2. The Hall–Kier alpha value is -1.01. The van der Waals surface area contributed by atoms with Crippen molar-refractivity contribution in [1.82, 2.24) is 10.6 Å². The van der Waals surface area contributed by atoms with Crippen molar-refractivity contribution in [3.63, 3.8) is 0 Å². The summed E-state index contributed by atoms with van der Waals surface area (Å²) in [4.78, 5) is 21.3. The molecule has 15 heavy (non-hydrogen) atoms. The molecule has 4 N–H and O–H groups in total. The van der Waals surface area contributed by atoms with Crippen molar-refractivity contribution in [1.29, 1.82) is 0 Å². The summed E-state index contributed by atoms with van der Waals surface area (Å²) in [6.45, 7) is -0.286. The number of halogens is 1. The fraction of sp³-hybridized carbons (Fsp3) is 0.750. The van der Waals surface area contributed by atoms with Gasteiger partial charge >= 0.3 is 6.09 Å². The number of carbonyl (C=O) groups excluding carboxylic acids is 1. The van der Waals surface area contributed by atoms with Crippen LogP contribution in [0.15, 0.2) is 0 Å². The Balaban J connectivity index is 3.69. The average Bonchev–Trinajstić information content (AvgIpc) is 2.20. The fourth-order valence-corrected chi connectivity index (χ4v) is 1.02. The Bertz CT molecular complexity index is 213. The van der Waals surface area contributed by atoms with Gasteiger partial charge in [0.05, 0.1) is 12.6 Å². The number of aliphatic hydroxyl groups excluding tert-OH is 1. The van der Waals surface area contributed by atoms with Crippen molar-refractivity contribution in [2.75, 3.05) is 19.0 Å². The predicted molar refractivity (Wildman–Crippen MR) is 55.0 cm³/mol. The molecule has 0 aliphatic heterocycles. The summed E-state index contributed by atoms with van der Waals surface area (Å²) in [6, 6.07) is -0.678. The van der Waals surface area contributed by atoms with Gasteiger partial charge in [0, 0.05) is 18.8 Å². The van der Waals surface area contributed by atoms with Crippen LogP contribution in [0.1, 0.15) is 12.8 Å². The maximum Gasteiger partial charge on any atom is 0.405 e. The summed E-state index contributed by atoms with van der Waals surface area (Å²) in [5.74, 6) is 0.200. The maximum atomic E-state index is 11.1. The standard InChI is InChI=1S/C8H15ClN2O4/c9-3-1-2-7(13)10-4-6(5-12)11-8(14)15/h6,11-12H,1-5H2,(H,10,13)(H,14,15). The summed E-state index contributed by atoms with van der Waals surface area (Å²) in [5.41, 5.74) is 0. The molecule has 7 heteroatoms. The van der Waals surface area contributed by atoms with E-state index in [4.69, 9.17) is 21.8 Å². The minimum atomic E-state index is -1.23. The molecular formula is C8H15ClN2O4. The van der Waals surface area contributed by atoms with Gasteiger partial charge in [0.1, 0.15) is 0 Å². The lowest BCUT2D eigenvalue weighted by Gasteiger charge is -2.14. The van der Waals surface area contributed by atoms with E-state index in [-0.39, 0.29) is 19.1 Å². The number of aliphatic hydroxyl groups is 1. The van der Waals surface area contributed by atoms with Gasteiger partial charge in [-0.1, -0.05) is 0 Å². The smallest absolute Gasteiger partial charge is 0.405 e. The molecule has 0 saturated carbocycles. The van der Waals surface area contributed by atoms with Crippen molar-refractivity contribution >= 4 is 23.6 Å². The minimum absolute atomic E-state index is 0.0733. The topological polar surface area (TPSA) is 98.7 Å². The number of carboxylic acid groups (broad SMARTS) is 1. The van der Waals surface area contributed by atoms with Gasteiger partial charge in [0.15, 0.2) is 0 Å². The van der Waals surface area contributed by atoms with Crippen LogP contribution in [0.2, 0.25) is 0 Å². The van der Waals surface area contributed by atoms with Gasteiger partial charge in [0.25, 0.3) is 0 Å². The summed E-state index contributed by atoms with van der Waals surface area (Å²) in [6.07, 6.45) is -0.359. The molecule has 0 fully saturated rings. The molecule has 0 aromatic heterocycles. The van der Waals surface area contributed by atoms with E-state index in [9.17, 15) is 9.59 Å². The molecule has 2 amide bonds. The molecule has 0 rings (SSSR count). The highest BCUT2D eigenvalue weighted by Gasteiger charge is 2.11. The van der Waals surface area contributed by atoms with E-state index in [1.807, 2.05) is 0 Å². The largest absolute Gasteiger partial charge is 0.465 e. The first kappa shape index (κ1) is 14.0. The zero-order valence-electron chi connectivity index (χ0n) is 8.20. The first-order chi connectivity index (χ1) is 7.10. The van der Waals surface area contributed by atoms with Gasteiger partial charge in [-0.2, -0.15) is 0 Å². The molecule has 1 atom stereocenters. The lowest BCUT2D eigenvalue weighted by molar-refractivity contribution is -0.121. The third kappa shape index (κ3) is 8.02. The lowest BCUT2D eigenvalue weighted by Crippen LogP contribution is -2.45. The Morgan fingerprint density at radius 2 is 2.07 bits per heavy atom. The third-order valence-corrected chi connectivity index (χ3v) is 1.90. The Morgan fingerprint density at radius 1 is 1.40 bits per heavy atom. The number of hydrogen-bond donors (Lipinski definition) is 4. The van der Waals surface area contributed by atoms with Crippen molar-refractivity contribution in [2.24, 2.45) is 0 Å². The Labute approximate surface area is 92.6 Å². The van der Waals surface area contributed by atoms with Crippen molar-refractivity contribution < 1.29 is 19.8 Å². The SMILES string of the molecule is O=C(O)NC(CO)CNC(=O)CCCCl. The molecule has 0 heterocycles. The lowest BCUT2D eigenvalue weighted by atomic mass is 10.3. The van der Waals surface area contributed by atoms with Gasteiger partial charge in [-0.05, 0) is 6.42 Å². The highest BCUT2D eigenvalue weighted by atomic mass is 35.5. The van der Waals surface area contributed by atoms with Crippen molar-refractivity contribution in [3.05, 3.63) is 0 Å². The van der Waals surface area contributed by atoms with Gasteiger partial charge in [0.2, 0.25) is 5.91 Å². The summed E-state index contributed by atoms with van der Waals surface area (Å²) >= 11 is 5.39. The van der Waals surface area contributed by atoms with Gasteiger partial charge in [-0.25, -0.2) is 4.79 Å². The zero-order chi connectivity index (χ0) is 11.7. The third-order valence-electron chi connectivity index (χ3n) is 1.63. The van der Waals surface area contributed by atoms with E-state index in [0.29, 0.717) is 18.7 Å². The molecule has 0 aliphatic rings. The molecule has 0 saturated heterocycles. The molecule has 0 radical (unpaired) electrons. The zero-order valence-corrected chi connectivity index (χ0v) is 8.96. The number of hydrogen-bond acceptors (Lipinski definition) is 3. The summed E-state index contributed by atoms with van der Waals surface area (Å²) in [5, 5.41) is 21.7. The minimum Gasteiger partial charge on any atom is -0.465 e. The van der Waals surface area contributed by atoms with E-state index >= 15 is 0 Å². The second-order valence-corrected chi connectivity index (χ2v) is 3.30. The Morgan fingerprint density at radius 3 is 2.53 bits per heavy atom. The molecule has 0 spiro atoms. The van der Waals surface area contributed by atoms with Crippen molar-refractivity contribution in [2.45, 2.75) is 18.9 Å². The van der Waals surface area contributed by atoms with Gasteiger partial charge in [-0.3, -0.25) is 4.79 Å². The first-order valence-corrected chi connectivity index (χ1v) is 5.06. The summed E-state index contributed by atoms with van der Waals surface area (Å²) in [7, 11) is 0. The number of rotatable bonds is 7. The van der Waals surface area contributed by atoms with Crippen LogP contribution < -0.4 is 10.6 Å². The van der Waals surface area contributed by atoms with Crippen LogP contribution in [-0.4, -0.2) is 47.3 Å². The van der Waals surface area contributed by atoms with Gasteiger partial charge in [-0.15, -0.1) is 11.6 Å². The van der Waals surface area contributed by atoms with E-state index in [2.05, 4.69) is 10.6 Å². The molecule has 0 aliphatic carbocycles. The highest BCUT2D eigenvalue weighted by Crippen LogP contribution is 1.91. The fourth-order valence-electron chi connectivity index (χ4n) is 0.889. The summed E-state index contributed by atoms with van der Waals surface area (Å²) < 4.78 is 0. The molecule has 0 aromatic carbocycles. The van der Waals surface area contributed by atoms with Crippen LogP contribution in [-0.2, 0) is 4.79 Å². The quantitative estimate of drug-likeness (QED) is 0.460. The first-order valence-electron chi connectivity index (χ1n) is 4.53. The van der Waals surface area contributed by atoms with Crippen LogP contribution in [0.4, 0.5) is 4.79 Å². The van der Waals surface area contributed by atoms with E-state index < -0.39 is 12.1 Å². The number of nitrogens with one attached hydrogen (secondary N) is 2. The molecule has 6 nitrogen and oxygen atoms in total. The molecular weight excluding hydrogens is 224 g/mol. The van der Waals surface area contributed by atoms with Crippen LogP contribution in [0.25, 0.3) is 0 Å². The molecule has 0 aromatic rings. The van der Waals surface area contributed by atoms with Gasteiger partial charge < -0.3 is 20.8 Å². The van der Waals surface area contributed by atoms with Crippen LogP contribution in [0.5, 0.6) is 0 Å². The monoisotopic (exact) mass is 238 g/mol. The second kappa shape index (κ2) is 8.31. The predicted octanol–water partition coefficient (Wildman–Crippen LogP) is -0.250. The Kier molecular flexibility index (Phi) is 7.75. The number of alkyl halides is 1. The number of carbonyl (C=O) groups is 2.